The van der Waals surface area contributed by atoms with Crippen LogP contribution in [0.5, 0.6) is 0 Å². The van der Waals surface area contributed by atoms with E-state index in [9.17, 15) is 4.79 Å². The maximum atomic E-state index is 13.2. The van der Waals surface area contributed by atoms with E-state index < -0.39 is 0 Å². The Balaban J connectivity index is 1.30. The molecule has 7 heteroatoms. The first-order chi connectivity index (χ1) is 15.2. The third kappa shape index (κ3) is 4.48. The number of carbonyl (C=O) groups excluding carboxylic acids is 1. The van der Waals surface area contributed by atoms with Crippen LogP contribution in [0.1, 0.15) is 53.3 Å². The van der Waals surface area contributed by atoms with Gasteiger partial charge in [-0.25, -0.2) is 9.97 Å². The molecule has 0 unspecified atom stereocenters. The van der Waals surface area contributed by atoms with E-state index in [2.05, 4.69) is 16.9 Å². The summed E-state index contributed by atoms with van der Waals surface area (Å²) < 4.78 is 5.73. The van der Waals surface area contributed by atoms with E-state index in [1.54, 1.807) is 11.8 Å². The Labute approximate surface area is 186 Å². The Morgan fingerprint density at radius 3 is 3.03 bits per heavy atom. The SMILES string of the molecule is Cc1cnc(SC[C@@H]2CCCO2)nc1[C@@H]1CCCN(C(=O)c2cc3ccccc3[nH]2)C1. The largest absolute Gasteiger partial charge is 0.377 e. The van der Waals surface area contributed by atoms with Crippen LogP contribution >= 0.6 is 11.8 Å². The fourth-order valence-corrected chi connectivity index (χ4v) is 5.50. The quantitative estimate of drug-likeness (QED) is 0.469. The summed E-state index contributed by atoms with van der Waals surface area (Å²) in [5, 5.41) is 1.88. The molecule has 162 valence electrons. The van der Waals surface area contributed by atoms with Gasteiger partial charge in [0.2, 0.25) is 0 Å². The van der Waals surface area contributed by atoms with E-state index in [4.69, 9.17) is 9.72 Å². The normalized spacial score (nSPS) is 21.6. The number of fused-ring (bicyclic) bond motifs is 1. The molecule has 0 aliphatic carbocycles. The van der Waals surface area contributed by atoms with Gasteiger partial charge in [0.1, 0.15) is 5.69 Å². The van der Waals surface area contributed by atoms with E-state index in [0.717, 1.165) is 71.9 Å². The number of thioether (sulfide) groups is 1. The van der Waals surface area contributed by atoms with Crippen LogP contribution in [-0.2, 0) is 4.74 Å². The molecule has 6 nitrogen and oxygen atoms in total. The number of benzene rings is 1. The van der Waals surface area contributed by atoms with Gasteiger partial charge in [-0.15, -0.1) is 0 Å². The maximum Gasteiger partial charge on any atom is 0.270 e. The number of nitrogens with one attached hydrogen (secondary N) is 1. The minimum atomic E-state index is 0.0700. The summed E-state index contributed by atoms with van der Waals surface area (Å²) in [4.78, 5) is 27.9. The predicted molar refractivity (Wildman–Crippen MR) is 123 cm³/mol. The van der Waals surface area contributed by atoms with Crippen LogP contribution in [0, 0.1) is 6.92 Å². The van der Waals surface area contributed by atoms with E-state index in [-0.39, 0.29) is 11.8 Å². The van der Waals surface area contributed by atoms with Crippen LogP contribution in [0.3, 0.4) is 0 Å². The number of piperidine rings is 1. The molecule has 0 saturated carbocycles. The molecule has 0 radical (unpaired) electrons. The van der Waals surface area contributed by atoms with Crippen LogP contribution in [0.4, 0.5) is 0 Å². The van der Waals surface area contributed by atoms with Crippen LogP contribution in [0.2, 0.25) is 0 Å². The molecule has 31 heavy (non-hydrogen) atoms. The van der Waals surface area contributed by atoms with Gasteiger partial charge in [-0.1, -0.05) is 30.0 Å². The first kappa shape index (κ1) is 20.5. The summed E-state index contributed by atoms with van der Waals surface area (Å²) in [5.41, 5.74) is 3.85. The topological polar surface area (TPSA) is 71.1 Å². The van der Waals surface area contributed by atoms with Crippen molar-refractivity contribution >= 4 is 28.6 Å². The molecule has 2 fully saturated rings. The van der Waals surface area contributed by atoms with E-state index >= 15 is 0 Å². The van der Waals surface area contributed by atoms with Crippen molar-refractivity contribution in [1.29, 1.82) is 0 Å². The zero-order valence-electron chi connectivity index (χ0n) is 17.8. The second-order valence-corrected chi connectivity index (χ2v) is 9.51. The fourth-order valence-electron chi connectivity index (χ4n) is 4.61. The minimum Gasteiger partial charge on any atom is -0.377 e. The number of rotatable bonds is 5. The molecular weight excluding hydrogens is 408 g/mol. The molecule has 3 aromatic rings. The lowest BCUT2D eigenvalue weighted by molar-refractivity contribution is 0.0700. The summed E-state index contributed by atoms with van der Waals surface area (Å²) in [6, 6.07) is 9.97. The molecular formula is C24H28N4O2S. The number of H-pyrrole nitrogens is 1. The minimum absolute atomic E-state index is 0.0700. The highest BCUT2D eigenvalue weighted by molar-refractivity contribution is 7.99. The second kappa shape index (κ2) is 9.01. The Kier molecular flexibility index (Phi) is 5.96. The Morgan fingerprint density at radius 1 is 1.29 bits per heavy atom. The zero-order valence-corrected chi connectivity index (χ0v) is 18.7. The molecule has 2 atom stereocenters. The summed E-state index contributed by atoms with van der Waals surface area (Å²) in [7, 11) is 0. The highest BCUT2D eigenvalue weighted by atomic mass is 32.2. The number of hydrogen-bond donors (Lipinski definition) is 1. The first-order valence-electron chi connectivity index (χ1n) is 11.1. The summed E-state index contributed by atoms with van der Waals surface area (Å²) >= 11 is 1.68. The number of hydrogen-bond acceptors (Lipinski definition) is 5. The van der Waals surface area contributed by atoms with Crippen molar-refractivity contribution in [3.63, 3.8) is 0 Å². The van der Waals surface area contributed by atoms with Gasteiger partial charge in [0, 0.05) is 48.5 Å². The van der Waals surface area contributed by atoms with Gasteiger partial charge in [-0.2, -0.15) is 0 Å². The van der Waals surface area contributed by atoms with E-state index in [1.807, 2.05) is 41.4 Å². The Morgan fingerprint density at radius 2 is 2.19 bits per heavy atom. The molecule has 0 spiro atoms. The monoisotopic (exact) mass is 436 g/mol. The van der Waals surface area contributed by atoms with E-state index in [1.165, 1.54) is 0 Å². The van der Waals surface area contributed by atoms with Crippen molar-refractivity contribution in [3.8, 4) is 0 Å². The van der Waals surface area contributed by atoms with Gasteiger partial charge in [-0.3, -0.25) is 4.79 Å². The van der Waals surface area contributed by atoms with Crippen LogP contribution in [0.15, 0.2) is 41.7 Å². The molecule has 1 amide bonds. The van der Waals surface area contributed by atoms with Crippen molar-refractivity contribution in [3.05, 3.63) is 53.5 Å². The van der Waals surface area contributed by atoms with Crippen molar-refractivity contribution in [2.45, 2.75) is 49.8 Å². The van der Waals surface area contributed by atoms with Gasteiger partial charge in [-0.05, 0) is 50.3 Å². The zero-order chi connectivity index (χ0) is 21.2. The lowest BCUT2D eigenvalue weighted by atomic mass is 9.92. The number of para-hydroxylation sites is 1. The van der Waals surface area contributed by atoms with Crippen molar-refractivity contribution < 1.29 is 9.53 Å². The lowest BCUT2D eigenvalue weighted by Gasteiger charge is -2.33. The number of amides is 1. The first-order valence-corrected chi connectivity index (χ1v) is 12.1. The molecule has 2 aliphatic heterocycles. The number of likely N-dealkylation sites (tertiary alicyclic amines) is 1. The standard InChI is InChI=1S/C24H28N4O2S/c1-16-13-25-24(31-15-19-8-5-11-30-19)27-22(16)18-7-4-10-28(14-18)23(29)21-12-17-6-2-3-9-20(17)26-21/h2-3,6,9,12-13,18-19,26H,4-5,7-8,10-11,14-15H2,1H3/t18-,19+/m1/s1. The number of aromatic amines is 1. The van der Waals surface area contributed by atoms with Gasteiger partial charge >= 0.3 is 0 Å². The van der Waals surface area contributed by atoms with Gasteiger partial charge in [0.15, 0.2) is 5.16 Å². The molecule has 0 bridgehead atoms. The lowest BCUT2D eigenvalue weighted by Crippen LogP contribution is -2.39. The van der Waals surface area contributed by atoms with Crippen molar-refractivity contribution in [1.82, 2.24) is 19.9 Å². The Hall–Kier alpha value is -2.38. The van der Waals surface area contributed by atoms with Crippen molar-refractivity contribution in [2.75, 3.05) is 25.4 Å². The van der Waals surface area contributed by atoms with Crippen molar-refractivity contribution in [2.24, 2.45) is 0 Å². The van der Waals surface area contributed by atoms with Gasteiger partial charge < -0.3 is 14.6 Å². The number of nitrogens with zero attached hydrogens (tertiary/aromatic N) is 3. The van der Waals surface area contributed by atoms with Gasteiger partial charge in [0.05, 0.1) is 11.8 Å². The molecule has 1 aromatic carbocycles. The van der Waals surface area contributed by atoms with Gasteiger partial charge in [0.25, 0.3) is 5.91 Å². The van der Waals surface area contributed by atoms with E-state index in [0.29, 0.717) is 18.3 Å². The molecule has 2 saturated heterocycles. The highest BCUT2D eigenvalue weighted by Gasteiger charge is 2.28. The average molecular weight is 437 g/mol. The molecule has 4 heterocycles. The highest BCUT2D eigenvalue weighted by Crippen LogP contribution is 2.30. The molecule has 2 aromatic heterocycles. The third-order valence-corrected chi connectivity index (χ3v) is 7.26. The van der Waals surface area contributed by atoms with Crippen LogP contribution < -0.4 is 0 Å². The number of ether oxygens (including phenoxy) is 1. The molecule has 2 aliphatic rings. The number of aromatic nitrogens is 3. The smallest absolute Gasteiger partial charge is 0.270 e. The van der Waals surface area contributed by atoms with Crippen LogP contribution in [0.25, 0.3) is 10.9 Å². The second-order valence-electron chi connectivity index (χ2n) is 8.53. The third-order valence-electron chi connectivity index (χ3n) is 6.27. The number of carbonyl (C=O) groups is 1. The predicted octanol–water partition coefficient (Wildman–Crippen LogP) is 4.56. The van der Waals surface area contributed by atoms with Crippen LogP contribution in [-0.4, -0.2) is 57.3 Å². The maximum absolute atomic E-state index is 13.2. The fraction of sp³-hybridized carbons (Fsp3) is 0.458. The molecule has 1 N–H and O–H groups in total. The summed E-state index contributed by atoms with van der Waals surface area (Å²) in [6.45, 7) is 4.42. The summed E-state index contributed by atoms with van der Waals surface area (Å²) in [6.07, 6.45) is 6.55. The summed E-state index contributed by atoms with van der Waals surface area (Å²) in [5.74, 6) is 1.21. The Bertz CT molecular complexity index is 1040. The number of aryl methyl sites for hydroxylation is 1. The average Bonchev–Trinajstić information content (AvgIpc) is 3.48. The molecule has 5 rings (SSSR count).